The molecular formula is C18H25N3. The van der Waals surface area contributed by atoms with Gasteiger partial charge in [0.05, 0.1) is 0 Å². The molecule has 0 amide bonds. The lowest BCUT2D eigenvalue weighted by Crippen LogP contribution is -2.35. The van der Waals surface area contributed by atoms with Crippen molar-refractivity contribution >= 4 is 10.8 Å². The van der Waals surface area contributed by atoms with Crippen molar-refractivity contribution < 1.29 is 0 Å². The van der Waals surface area contributed by atoms with Gasteiger partial charge in [-0.2, -0.15) is 0 Å². The van der Waals surface area contributed by atoms with Crippen LogP contribution in [-0.4, -0.2) is 49.6 Å². The molecule has 0 bridgehead atoms. The van der Waals surface area contributed by atoms with Crippen molar-refractivity contribution in [1.29, 1.82) is 0 Å². The fourth-order valence-electron chi connectivity index (χ4n) is 3.10. The fourth-order valence-corrected chi connectivity index (χ4v) is 3.10. The first-order valence-corrected chi connectivity index (χ1v) is 7.87. The predicted octanol–water partition coefficient (Wildman–Crippen LogP) is 2.48. The Hall–Kier alpha value is -1.42. The molecule has 1 atom stereocenters. The van der Waals surface area contributed by atoms with E-state index >= 15 is 0 Å². The fraction of sp³-hybridized carbons (Fsp3) is 0.444. The van der Waals surface area contributed by atoms with E-state index in [1.165, 1.54) is 29.3 Å². The maximum atomic E-state index is 6.45. The van der Waals surface area contributed by atoms with Crippen LogP contribution in [0.15, 0.2) is 42.5 Å². The van der Waals surface area contributed by atoms with Crippen LogP contribution in [0.25, 0.3) is 10.8 Å². The van der Waals surface area contributed by atoms with Gasteiger partial charge in [-0.1, -0.05) is 36.4 Å². The number of hydrogen-bond acceptors (Lipinski definition) is 3. The number of fused-ring (bicyclic) bond motifs is 1. The molecule has 1 aliphatic rings. The molecule has 1 heterocycles. The molecule has 0 spiro atoms. The van der Waals surface area contributed by atoms with Gasteiger partial charge in [0.1, 0.15) is 0 Å². The minimum absolute atomic E-state index is 0.0954. The van der Waals surface area contributed by atoms with Crippen molar-refractivity contribution in [2.75, 3.05) is 39.8 Å². The van der Waals surface area contributed by atoms with Crippen LogP contribution in [0.1, 0.15) is 18.0 Å². The van der Waals surface area contributed by atoms with Crippen LogP contribution in [0, 0.1) is 0 Å². The number of likely N-dealkylation sites (N-methyl/N-ethyl adjacent to an activating group) is 1. The zero-order valence-corrected chi connectivity index (χ0v) is 12.8. The molecule has 3 rings (SSSR count). The summed E-state index contributed by atoms with van der Waals surface area (Å²) < 4.78 is 0. The third kappa shape index (κ3) is 3.62. The summed E-state index contributed by atoms with van der Waals surface area (Å²) in [6.07, 6.45) is 1.24. The molecule has 3 heteroatoms. The Morgan fingerprint density at radius 3 is 2.67 bits per heavy atom. The van der Waals surface area contributed by atoms with Gasteiger partial charge in [0.25, 0.3) is 0 Å². The molecule has 2 aromatic carbocycles. The predicted molar refractivity (Wildman–Crippen MR) is 89.4 cm³/mol. The van der Waals surface area contributed by atoms with Crippen molar-refractivity contribution in [2.24, 2.45) is 5.73 Å². The van der Waals surface area contributed by atoms with Crippen LogP contribution in [-0.2, 0) is 0 Å². The van der Waals surface area contributed by atoms with E-state index in [0.29, 0.717) is 0 Å². The summed E-state index contributed by atoms with van der Waals surface area (Å²) in [5, 5.41) is 2.56. The van der Waals surface area contributed by atoms with Crippen LogP contribution in [0.2, 0.25) is 0 Å². The van der Waals surface area contributed by atoms with Crippen LogP contribution in [0.3, 0.4) is 0 Å². The van der Waals surface area contributed by atoms with E-state index in [1.54, 1.807) is 0 Å². The lowest BCUT2D eigenvalue weighted by Gasteiger charge is -2.24. The van der Waals surface area contributed by atoms with E-state index < -0.39 is 0 Å². The third-order valence-electron chi connectivity index (χ3n) is 4.47. The van der Waals surface area contributed by atoms with Crippen molar-refractivity contribution in [1.82, 2.24) is 9.80 Å². The molecule has 1 fully saturated rings. The van der Waals surface area contributed by atoms with Gasteiger partial charge in [0, 0.05) is 25.7 Å². The summed E-state index contributed by atoms with van der Waals surface area (Å²) in [6.45, 7) is 5.57. The number of nitrogens with zero attached hydrogens (tertiary/aromatic N) is 2. The summed E-state index contributed by atoms with van der Waals surface area (Å²) >= 11 is 0. The SMILES string of the molecule is CN1CCCN(CC(N)c2ccc3ccccc3c2)CC1. The average Bonchev–Trinajstić information content (AvgIpc) is 2.71. The molecule has 112 valence electrons. The van der Waals surface area contributed by atoms with E-state index in [9.17, 15) is 0 Å². The number of hydrogen-bond donors (Lipinski definition) is 1. The monoisotopic (exact) mass is 283 g/mol. The van der Waals surface area contributed by atoms with Gasteiger partial charge in [0.2, 0.25) is 0 Å². The molecule has 1 unspecified atom stereocenters. The summed E-state index contributed by atoms with van der Waals surface area (Å²) in [7, 11) is 2.20. The Kier molecular flexibility index (Phi) is 4.54. The zero-order valence-electron chi connectivity index (χ0n) is 12.8. The second-order valence-corrected chi connectivity index (χ2v) is 6.17. The van der Waals surface area contributed by atoms with Gasteiger partial charge in [-0.15, -0.1) is 0 Å². The molecular weight excluding hydrogens is 258 g/mol. The Balaban J connectivity index is 1.69. The largest absolute Gasteiger partial charge is 0.323 e. The van der Waals surface area contributed by atoms with E-state index in [2.05, 4.69) is 59.3 Å². The molecule has 1 aliphatic heterocycles. The Labute approximate surface area is 127 Å². The summed E-state index contributed by atoms with van der Waals surface area (Å²) in [6, 6.07) is 15.2. The van der Waals surface area contributed by atoms with Gasteiger partial charge >= 0.3 is 0 Å². The van der Waals surface area contributed by atoms with E-state index in [4.69, 9.17) is 5.73 Å². The molecule has 0 radical (unpaired) electrons. The maximum absolute atomic E-state index is 6.45. The quantitative estimate of drug-likeness (QED) is 0.939. The topological polar surface area (TPSA) is 32.5 Å². The highest BCUT2D eigenvalue weighted by Crippen LogP contribution is 2.20. The first-order valence-electron chi connectivity index (χ1n) is 7.87. The second kappa shape index (κ2) is 6.56. The van der Waals surface area contributed by atoms with Crippen molar-refractivity contribution in [3.8, 4) is 0 Å². The van der Waals surface area contributed by atoms with Crippen molar-refractivity contribution in [3.63, 3.8) is 0 Å². The van der Waals surface area contributed by atoms with E-state index in [-0.39, 0.29) is 6.04 Å². The standard InChI is InChI=1S/C18H25N3/c1-20-9-4-10-21(12-11-20)14-18(19)17-8-7-15-5-2-3-6-16(15)13-17/h2-3,5-8,13,18H,4,9-12,14,19H2,1H3. The van der Waals surface area contributed by atoms with Crippen LogP contribution >= 0.6 is 0 Å². The highest BCUT2D eigenvalue weighted by Gasteiger charge is 2.16. The molecule has 0 saturated carbocycles. The van der Waals surface area contributed by atoms with Crippen LogP contribution in [0.5, 0.6) is 0 Å². The molecule has 2 N–H and O–H groups in total. The van der Waals surface area contributed by atoms with E-state index in [1.807, 2.05) is 0 Å². The number of benzene rings is 2. The first kappa shape index (κ1) is 14.5. The third-order valence-corrected chi connectivity index (χ3v) is 4.47. The first-order chi connectivity index (χ1) is 10.2. The summed E-state index contributed by atoms with van der Waals surface area (Å²) in [4.78, 5) is 4.91. The molecule has 0 aliphatic carbocycles. The van der Waals surface area contributed by atoms with E-state index in [0.717, 1.165) is 26.2 Å². The summed E-state index contributed by atoms with van der Waals surface area (Å²) in [5.41, 5.74) is 7.69. The van der Waals surface area contributed by atoms with Crippen molar-refractivity contribution in [3.05, 3.63) is 48.0 Å². The molecule has 21 heavy (non-hydrogen) atoms. The Bertz CT molecular complexity index is 596. The minimum atomic E-state index is 0.0954. The number of rotatable bonds is 3. The molecule has 2 aromatic rings. The van der Waals surface area contributed by atoms with Gasteiger partial charge in [0.15, 0.2) is 0 Å². The van der Waals surface area contributed by atoms with Gasteiger partial charge in [-0.3, -0.25) is 0 Å². The normalized spacial score (nSPS) is 19.5. The van der Waals surface area contributed by atoms with Crippen molar-refractivity contribution in [2.45, 2.75) is 12.5 Å². The lowest BCUT2D eigenvalue weighted by molar-refractivity contribution is 0.262. The second-order valence-electron chi connectivity index (χ2n) is 6.17. The van der Waals surface area contributed by atoms with Gasteiger partial charge in [-0.25, -0.2) is 0 Å². The Morgan fingerprint density at radius 2 is 1.81 bits per heavy atom. The van der Waals surface area contributed by atoms with Crippen LogP contribution < -0.4 is 5.73 Å². The van der Waals surface area contributed by atoms with Gasteiger partial charge in [-0.05, 0) is 49.0 Å². The maximum Gasteiger partial charge on any atom is 0.0424 e. The van der Waals surface area contributed by atoms with Crippen LogP contribution in [0.4, 0.5) is 0 Å². The number of nitrogens with two attached hydrogens (primary N) is 1. The summed E-state index contributed by atoms with van der Waals surface area (Å²) in [5.74, 6) is 0. The highest BCUT2D eigenvalue weighted by molar-refractivity contribution is 5.83. The van der Waals surface area contributed by atoms with Gasteiger partial charge < -0.3 is 15.5 Å². The molecule has 3 nitrogen and oxygen atoms in total. The average molecular weight is 283 g/mol. The molecule has 1 saturated heterocycles. The Morgan fingerprint density at radius 1 is 1.00 bits per heavy atom. The smallest absolute Gasteiger partial charge is 0.0424 e. The lowest BCUT2D eigenvalue weighted by atomic mass is 10.0. The zero-order chi connectivity index (χ0) is 14.7. The highest BCUT2D eigenvalue weighted by atomic mass is 15.2. The molecule has 0 aromatic heterocycles. The minimum Gasteiger partial charge on any atom is -0.323 e.